The van der Waals surface area contributed by atoms with Crippen LogP contribution >= 0.6 is 0 Å². The highest BCUT2D eigenvalue weighted by Crippen LogP contribution is 2.46. The summed E-state index contributed by atoms with van der Waals surface area (Å²) in [5.41, 5.74) is 1.66. The van der Waals surface area contributed by atoms with Crippen molar-refractivity contribution in [1.29, 1.82) is 0 Å². The van der Waals surface area contributed by atoms with E-state index in [0.29, 0.717) is 28.5 Å². The maximum Gasteiger partial charge on any atom is 0.256 e. The van der Waals surface area contributed by atoms with Gasteiger partial charge in [0.2, 0.25) is 0 Å². The largest absolute Gasteiger partial charge is 0.393 e. The van der Waals surface area contributed by atoms with E-state index >= 15 is 0 Å². The topological polar surface area (TPSA) is 102 Å². The average Bonchev–Trinajstić information content (AvgIpc) is 3.39. The van der Waals surface area contributed by atoms with E-state index < -0.39 is 0 Å². The quantitative estimate of drug-likeness (QED) is 0.724. The summed E-state index contributed by atoms with van der Waals surface area (Å²) in [6.07, 6.45) is 4.08. The number of nitrogens with zero attached hydrogens (tertiary/aromatic N) is 4. The molecule has 2 fully saturated rings. The number of imidazole rings is 1. The van der Waals surface area contributed by atoms with Crippen LogP contribution in [0.5, 0.6) is 0 Å². The predicted octanol–water partition coefficient (Wildman–Crippen LogP) is 2.38. The molecule has 0 spiro atoms. The Labute approximate surface area is 161 Å². The van der Waals surface area contributed by atoms with E-state index in [9.17, 15) is 9.90 Å². The standard InChI is InChI=1S/C20H21N5O3/c1-11-7-14(26)13-8-15(28-17(11)13)25-10-23-16-18(21-9-22-19(16)25)24-20(27)12-5-3-2-4-6-12/h2-6,9-11,13-15,17,26H,7-8H2,1H3,(H,21,22,24,27)/t11-,13+,14-,15+,17-/m1/s1. The first kappa shape index (κ1) is 17.3. The van der Waals surface area contributed by atoms with Crippen LogP contribution in [0.3, 0.4) is 0 Å². The zero-order valence-corrected chi connectivity index (χ0v) is 15.4. The lowest BCUT2D eigenvalue weighted by atomic mass is 10.0. The number of carbonyl (C=O) groups is 1. The number of carbonyl (C=O) groups excluding carboxylic acids is 1. The van der Waals surface area contributed by atoms with Crippen LogP contribution in [-0.2, 0) is 4.74 Å². The van der Waals surface area contributed by atoms with Crippen LogP contribution in [0.4, 0.5) is 5.82 Å². The fourth-order valence-corrected chi connectivity index (χ4v) is 4.43. The number of benzene rings is 1. The Morgan fingerprint density at radius 1 is 1.21 bits per heavy atom. The van der Waals surface area contributed by atoms with Gasteiger partial charge in [0.25, 0.3) is 5.91 Å². The van der Waals surface area contributed by atoms with Gasteiger partial charge in [-0.25, -0.2) is 15.0 Å². The number of fused-ring (bicyclic) bond motifs is 2. The van der Waals surface area contributed by atoms with Gasteiger partial charge in [-0.05, 0) is 24.5 Å². The van der Waals surface area contributed by atoms with Gasteiger partial charge in [-0.2, -0.15) is 0 Å². The molecule has 8 nitrogen and oxygen atoms in total. The zero-order chi connectivity index (χ0) is 19.3. The first-order valence-corrected chi connectivity index (χ1v) is 9.49. The average molecular weight is 379 g/mol. The lowest BCUT2D eigenvalue weighted by Crippen LogP contribution is -2.19. The van der Waals surface area contributed by atoms with Crippen LogP contribution in [0.1, 0.15) is 36.4 Å². The van der Waals surface area contributed by atoms with Crippen LogP contribution in [-0.4, -0.2) is 42.7 Å². The van der Waals surface area contributed by atoms with Gasteiger partial charge in [0.15, 0.2) is 17.0 Å². The fourth-order valence-electron chi connectivity index (χ4n) is 4.43. The van der Waals surface area contributed by atoms with Gasteiger partial charge >= 0.3 is 0 Å². The number of hydrogen-bond acceptors (Lipinski definition) is 6. The van der Waals surface area contributed by atoms with Gasteiger partial charge in [-0.15, -0.1) is 0 Å². The number of ether oxygens (including phenoxy) is 1. The lowest BCUT2D eigenvalue weighted by molar-refractivity contribution is -0.0178. The van der Waals surface area contributed by atoms with Crippen molar-refractivity contribution in [3.05, 3.63) is 48.5 Å². The molecule has 1 aliphatic carbocycles. The molecule has 5 rings (SSSR count). The molecule has 1 saturated heterocycles. The summed E-state index contributed by atoms with van der Waals surface area (Å²) in [7, 11) is 0. The van der Waals surface area contributed by atoms with Crippen molar-refractivity contribution in [2.45, 2.75) is 38.2 Å². The number of rotatable bonds is 3. The molecule has 8 heteroatoms. The molecule has 2 aromatic heterocycles. The third-order valence-electron chi connectivity index (χ3n) is 5.82. The first-order chi connectivity index (χ1) is 13.6. The third kappa shape index (κ3) is 2.76. The summed E-state index contributed by atoms with van der Waals surface area (Å²) in [4.78, 5) is 25.4. The van der Waals surface area contributed by atoms with E-state index in [2.05, 4.69) is 27.2 Å². The highest BCUT2D eigenvalue weighted by atomic mass is 16.5. The second-order valence-electron chi connectivity index (χ2n) is 7.60. The Morgan fingerprint density at radius 3 is 2.82 bits per heavy atom. The van der Waals surface area contributed by atoms with Crippen molar-refractivity contribution < 1.29 is 14.6 Å². The maximum atomic E-state index is 12.5. The van der Waals surface area contributed by atoms with Crippen molar-refractivity contribution >= 4 is 22.9 Å². The molecule has 5 atom stereocenters. The smallest absolute Gasteiger partial charge is 0.256 e. The Kier molecular flexibility index (Phi) is 4.10. The molecule has 0 unspecified atom stereocenters. The van der Waals surface area contributed by atoms with Gasteiger partial charge in [0.1, 0.15) is 12.6 Å². The molecular formula is C20H21N5O3. The number of aliphatic hydroxyl groups is 1. The minimum Gasteiger partial charge on any atom is -0.393 e. The summed E-state index contributed by atoms with van der Waals surface area (Å²) in [6, 6.07) is 8.95. The summed E-state index contributed by atoms with van der Waals surface area (Å²) in [5, 5.41) is 13.1. The molecule has 1 aromatic carbocycles. The Bertz CT molecular complexity index is 1010. The molecule has 2 N–H and O–H groups in total. The summed E-state index contributed by atoms with van der Waals surface area (Å²) < 4.78 is 8.09. The first-order valence-electron chi connectivity index (χ1n) is 9.49. The van der Waals surface area contributed by atoms with E-state index in [4.69, 9.17) is 4.74 Å². The van der Waals surface area contributed by atoms with E-state index in [1.807, 2.05) is 22.8 Å². The normalized spacial score (nSPS) is 29.1. The monoisotopic (exact) mass is 379 g/mol. The molecule has 3 heterocycles. The Balaban J connectivity index is 1.43. The molecule has 1 amide bonds. The Morgan fingerprint density at radius 2 is 2.04 bits per heavy atom. The number of aliphatic hydroxyl groups excluding tert-OH is 1. The molecule has 3 aromatic rings. The van der Waals surface area contributed by atoms with Gasteiger partial charge in [0, 0.05) is 17.9 Å². The molecule has 28 heavy (non-hydrogen) atoms. The van der Waals surface area contributed by atoms with Crippen molar-refractivity contribution in [3.8, 4) is 0 Å². The summed E-state index contributed by atoms with van der Waals surface area (Å²) in [6.45, 7) is 2.11. The minimum absolute atomic E-state index is 0.0524. The van der Waals surface area contributed by atoms with Crippen LogP contribution in [0.15, 0.2) is 43.0 Å². The van der Waals surface area contributed by atoms with E-state index in [1.54, 1.807) is 18.5 Å². The number of nitrogens with one attached hydrogen (secondary N) is 1. The van der Waals surface area contributed by atoms with Gasteiger partial charge in [-0.1, -0.05) is 25.1 Å². The minimum atomic E-state index is -0.324. The molecule has 144 valence electrons. The highest BCUT2D eigenvalue weighted by Gasteiger charge is 2.48. The maximum absolute atomic E-state index is 12.5. The third-order valence-corrected chi connectivity index (χ3v) is 5.82. The van der Waals surface area contributed by atoms with Gasteiger partial charge in [-0.3, -0.25) is 9.36 Å². The van der Waals surface area contributed by atoms with Crippen LogP contribution in [0.25, 0.3) is 11.2 Å². The van der Waals surface area contributed by atoms with Crippen molar-refractivity contribution in [1.82, 2.24) is 19.5 Å². The van der Waals surface area contributed by atoms with Crippen LogP contribution < -0.4 is 5.32 Å². The molecule has 2 aliphatic rings. The molecular weight excluding hydrogens is 358 g/mol. The highest BCUT2D eigenvalue weighted by molar-refractivity contribution is 6.06. The number of hydrogen-bond donors (Lipinski definition) is 2. The number of amides is 1. The van der Waals surface area contributed by atoms with Crippen LogP contribution in [0, 0.1) is 11.8 Å². The van der Waals surface area contributed by atoms with E-state index in [1.165, 1.54) is 6.33 Å². The van der Waals surface area contributed by atoms with Gasteiger partial charge in [0.05, 0.1) is 18.5 Å². The van der Waals surface area contributed by atoms with Crippen molar-refractivity contribution in [2.24, 2.45) is 11.8 Å². The molecule has 1 saturated carbocycles. The molecule has 0 radical (unpaired) electrons. The predicted molar refractivity (Wildman–Crippen MR) is 102 cm³/mol. The number of aromatic nitrogens is 4. The van der Waals surface area contributed by atoms with Crippen molar-refractivity contribution in [3.63, 3.8) is 0 Å². The molecule has 1 aliphatic heterocycles. The second-order valence-corrected chi connectivity index (χ2v) is 7.60. The van der Waals surface area contributed by atoms with Gasteiger partial charge < -0.3 is 15.2 Å². The zero-order valence-electron chi connectivity index (χ0n) is 15.4. The summed E-state index contributed by atoms with van der Waals surface area (Å²) in [5.74, 6) is 0.578. The molecule has 0 bridgehead atoms. The summed E-state index contributed by atoms with van der Waals surface area (Å²) >= 11 is 0. The van der Waals surface area contributed by atoms with E-state index in [-0.39, 0.29) is 30.3 Å². The van der Waals surface area contributed by atoms with Crippen molar-refractivity contribution in [2.75, 3.05) is 5.32 Å². The number of anilines is 1. The van der Waals surface area contributed by atoms with Crippen LogP contribution in [0.2, 0.25) is 0 Å². The second kappa shape index (κ2) is 6.65. The Hall–Kier alpha value is -2.84. The fraction of sp³-hybridized carbons (Fsp3) is 0.400. The van der Waals surface area contributed by atoms with E-state index in [0.717, 1.165) is 12.8 Å². The SMILES string of the molecule is C[C@@H]1C[C@@H](O)[C@@H]2C[C@@H](n3cnc4c(NC(=O)c5ccccc5)ncnc43)O[C@@H]21. The lowest BCUT2D eigenvalue weighted by Gasteiger charge is -2.17.